The largest absolute Gasteiger partial charge is 0.346 e. The molecule has 1 heterocycles. The van der Waals surface area contributed by atoms with E-state index in [-0.39, 0.29) is 11.3 Å². The van der Waals surface area contributed by atoms with Crippen LogP contribution < -0.4 is 5.32 Å². The molecule has 0 aliphatic carbocycles. The van der Waals surface area contributed by atoms with Gasteiger partial charge in [-0.3, -0.25) is 0 Å². The van der Waals surface area contributed by atoms with Crippen molar-refractivity contribution in [2.45, 2.75) is 39.4 Å². The quantitative estimate of drug-likeness (QED) is 0.923. The average molecular weight is 308 g/mol. The minimum atomic E-state index is -2.95. The fraction of sp³-hybridized carbons (Fsp3) is 0.500. The fourth-order valence-electron chi connectivity index (χ4n) is 2.29. The summed E-state index contributed by atoms with van der Waals surface area (Å²) in [6.45, 7) is 7.67. The minimum Gasteiger partial charge on any atom is -0.346 e. The summed E-state index contributed by atoms with van der Waals surface area (Å²) in [4.78, 5) is 0. The molecule has 0 radical (unpaired) electrons. The summed E-state index contributed by atoms with van der Waals surface area (Å²) in [7, 11) is -2.95. The van der Waals surface area contributed by atoms with Gasteiger partial charge in [-0.25, -0.2) is 8.42 Å². The first-order valence-electron chi connectivity index (χ1n) is 7.15. The highest BCUT2D eigenvalue weighted by Gasteiger charge is 2.12. The number of hydrogen-bond donors (Lipinski definition) is 1. The summed E-state index contributed by atoms with van der Waals surface area (Å²) < 4.78 is 24.8. The zero-order valence-electron chi connectivity index (χ0n) is 13.2. The highest BCUT2D eigenvalue weighted by molar-refractivity contribution is 7.90. The molecule has 0 aliphatic rings. The number of para-hydroxylation sites is 1. The third kappa shape index (κ3) is 4.58. The molecule has 0 amide bonds. The number of aromatic nitrogens is 1. The Morgan fingerprint density at radius 3 is 2.52 bits per heavy atom. The molecule has 0 fully saturated rings. The highest BCUT2D eigenvalue weighted by Crippen LogP contribution is 2.21. The first-order chi connectivity index (χ1) is 9.66. The van der Waals surface area contributed by atoms with Gasteiger partial charge in [-0.05, 0) is 37.8 Å². The molecule has 1 aromatic heterocycles. The second kappa shape index (κ2) is 5.81. The molecule has 1 aromatic carbocycles. The number of hydrogen-bond acceptors (Lipinski definition) is 3. The Hall–Kier alpha value is -1.33. The van der Waals surface area contributed by atoms with E-state index in [9.17, 15) is 8.42 Å². The predicted octanol–water partition coefficient (Wildman–Crippen LogP) is 2.57. The van der Waals surface area contributed by atoms with E-state index >= 15 is 0 Å². The van der Waals surface area contributed by atoms with Crippen molar-refractivity contribution in [2.75, 3.05) is 12.0 Å². The van der Waals surface area contributed by atoms with Crippen molar-refractivity contribution in [1.29, 1.82) is 0 Å². The summed E-state index contributed by atoms with van der Waals surface area (Å²) in [6.07, 6.45) is 3.25. The van der Waals surface area contributed by atoms with Crippen LogP contribution in [0.5, 0.6) is 0 Å². The van der Waals surface area contributed by atoms with Gasteiger partial charge in [0.15, 0.2) is 0 Å². The van der Waals surface area contributed by atoms with Crippen LogP contribution in [0.3, 0.4) is 0 Å². The van der Waals surface area contributed by atoms with Crippen molar-refractivity contribution < 1.29 is 8.42 Å². The van der Waals surface area contributed by atoms with Crippen LogP contribution in [0, 0.1) is 0 Å². The van der Waals surface area contributed by atoms with Gasteiger partial charge in [-0.1, -0.05) is 18.2 Å². The lowest BCUT2D eigenvalue weighted by atomic mass is 10.1. The Morgan fingerprint density at radius 2 is 1.90 bits per heavy atom. The summed E-state index contributed by atoms with van der Waals surface area (Å²) >= 11 is 0. The van der Waals surface area contributed by atoms with Crippen molar-refractivity contribution in [3.8, 4) is 0 Å². The van der Waals surface area contributed by atoms with Crippen LogP contribution in [0.4, 0.5) is 0 Å². The topological polar surface area (TPSA) is 51.1 Å². The van der Waals surface area contributed by atoms with Gasteiger partial charge in [0, 0.05) is 31.1 Å². The molecular weight excluding hydrogens is 284 g/mol. The van der Waals surface area contributed by atoms with Gasteiger partial charge >= 0.3 is 0 Å². The summed E-state index contributed by atoms with van der Waals surface area (Å²) in [5, 5.41) is 4.64. The number of nitrogens with one attached hydrogen (secondary N) is 1. The molecule has 0 spiro atoms. The second-order valence-corrected chi connectivity index (χ2v) is 8.86. The standard InChI is InChI=1S/C16H24N2O2S/c1-16(2,3)17-12-14-7-5-6-13-8-9-18(15(13)14)10-11-21(4,19)20/h5-9,17H,10-12H2,1-4H3. The first-order valence-corrected chi connectivity index (χ1v) is 9.21. The zero-order chi connectivity index (χ0) is 15.7. The molecular formula is C16H24N2O2S. The molecule has 1 N–H and O–H groups in total. The summed E-state index contributed by atoms with van der Waals surface area (Å²) in [5.74, 6) is 0.164. The van der Waals surface area contributed by atoms with Gasteiger partial charge in [0.1, 0.15) is 9.84 Å². The summed E-state index contributed by atoms with van der Waals surface area (Å²) in [6, 6.07) is 8.24. The molecule has 0 atom stereocenters. The SMILES string of the molecule is CC(C)(C)NCc1cccc2ccn(CCS(C)(=O)=O)c12. The van der Waals surface area contributed by atoms with E-state index in [2.05, 4.69) is 38.2 Å². The van der Waals surface area contributed by atoms with Crippen LogP contribution in [-0.4, -0.2) is 30.5 Å². The van der Waals surface area contributed by atoms with Crippen molar-refractivity contribution in [3.63, 3.8) is 0 Å². The first kappa shape index (κ1) is 16.0. The normalized spacial score (nSPS) is 13.0. The fourth-order valence-corrected chi connectivity index (χ4v) is 2.82. The van der Waals surface area contributed by atoms with Crippen LogP contribution in [0.25, 0.3) is 10.9 Å². The number of fused-ring (bicyclic) bond motifs is 1. The van der Waals surface area contributed by atoms with E-state index in [0.717, 1.165) is 17.4 Å². The molecule has 0 aliphatic heterocycles. The van der Waals surface area contributed by atoms with E-state index in [1.807, 2.05) is 22.9 Å². The maximum Gasteiger partial charge on any atom is 0.149 e. The predicted molar refractivity (Wildman–Crippen MR) is 88.2 cm³/mol. The van der Waals surface area contributed by atoms with Crippen molar-refractivity contribution in [1.82, 2.24) is 9.88 Å². The molecule has 0 saturated heterocycles. The average Bonchev–Trinajstić information content (AvgIpc) is 2.76. The Morgan fingerprint density at radius 1 is 1.19 bits per heavy atom. The van der Waals surface area contributed by atoms with Crippen molar-refractivity contribution >= 4 is 20.7 Å². The smallest absolute Gasteiger partial charge is 0.149 e. The van der Waals surface area contributed by atoms with E-state index in [1.165, 1.54) is 11.8 Å². The van der Waals surface area contributed by atoms with Crippen LogP contribution in [0.2, 0.25) is 0 Å². The Labute approximate surface area is 127 Å². The molecule has 4 nitrogen and oxygen atoms in total. The van der Waals surface area contributed by atoms with Gasteiger partial charge in [-0.2, -0.15) is 0 Å². The molecule has 116 valence electrons. The number of sulfone groups is 1. The van der Waals surface area contributed by atoms with E-state index in [4.69, 9.17) is 0 Å². The summed E-state index contributed by atoms with van der Waals surface area (Å²) in [5.41, 5.74) is 2.37. The Balaban J connectivity index is 2.31. The van der Waals surface area contributed by atoms with E-state index < -0.39 is 9.84 Å². The lowest BCUT2D eigenvalue weighted by Crippen LogP contribution is -2.35. The molecule has 2 aromatic rings. The van der Waals surface area contributed by atoms with E-state index in [1.54, 1.807) is 0 Å². The van der Waals surface area contributed by atoms with E-state index in [0.29, 0.717) is 6.54 Å². The number of aryl methyl sites for hydroxylation is 1. The molecule has 21 heavy (non-hydrogen) atoms. The number of rotatable bonds is 5. The van der Waals surface area contributed by atoms with Crippen molar-refractivity contribution in [2.24, 2.45) is 0 Å². The third-order valence-corrected chi connectivity index (χ3v) is 4.31. The molecule has 0 bridgehead atoms. The van der Waals surface area contributed by atoms with Crippen LogP contribution >= 0.6 is 0 Å². The van der Waals surface area contributed by atoms with Gasteiger partial charge in [0.25, 0.3) is 0 Å². The van der Waals surface area contributed by atoms with Crippen LogP contribution in [0.15, 0.2) is 30.5 Å². The monoisotopic (exact) mass is 308 g/mol. The Bertz CT molecular complexity index is 724. The second-order valence-electron chi connectivity index (χ2n) is 6.60. The minimum absolute atomic E-state index is 0.0480. The highest BCUT2D eigenvalue weighted by atomic mass is 32.2. The van der Waals surface area contributed by atoms with Gasteiger partial charge in [0.2, 0.25) is 0 Å². The Kier molecular flexibility index (Phi) is 4.44. The zero-order valence-corrected chi connectivity index (χ0v) is 14.0. The number of nitrogens with zero attached hydrogens (tertiary/aromatic N) is 1. The van der Waals surface area contributed by atoms with Gasteiger partial charge in [0.05, 0.1) is 11.3 Å². The maximum atomic E-state index is 11.4. The van der Waals surface area contributed by atoms with Crippen LogP contribution in [-0.2, 0) is 22.9 Å². The molecule has 2 rings (SSSR count). The number of benzene rings is 1. The van der Waals surface area contributed by atoms with Gasteiger partial charge in [-0.15, -0.1) is 0 Å². The van der Waals surface area contributed by atoms with Gasteiger partial charge < -0.3 is 9.88 Å². The molecule has 0 saturated carbocycles. The third-order valence-electron chi connectivity index (χ3n) is 3.38. The molecule has 0 unspecified atom stereocenters. The molecule has 5 heteroatoms. The van der Waals surface area contributed by atoms with Crippen molar-refractivity contribution in [3.05, 3.63) is 36.0 Å². The maximum absolute atomic E-state index is 11.4. The lowest BCUT2D eigenvalue weighted by molar-refractivity contribution is 0.425. The van der Waals surface area contributed by atoms with Crippen LogP contribution in [0.1, 0.15) is 26.3 Å². The lowest BCUT2D eigenvalue weighted by Gasteiger charge is -2.21.